The van der Waals surface area contributed by atoms with Gasteiger partial charge in [-0.2, -0.15) is 0 Å². The molecule has 0 aliphatic heterocycles. The second-order valence-corrected chi connectivity index (χ2v) is 8.14. The number of carbonyl (C=O) groups excluding carboxylic acids is 3. The van der Waals surface area contributed by atoms with Gasteiger partial charge in [-0.05, 0) is 51.5 Å². The van der Waals surface area contributed by atoms with Gasteiger partial charge in [-0.3, -0.25) is 24.0 Å². The van der Waals surface area contributed by atoms with Crippen LogP contribution in [-0.4, -0.2) is 70.6 Å². The Labute approximate surface area is 187 Å². The Morgan fingerprint density at radius 1 is 0.812 bits per heavy atom. The summed E-state index contributed by atoms with van der Waals surface area (Å²) in [6.07, 6.45) is 1.03. The first-order valence-corrected chi connectivity index (χ1v) is 10.7. The predicted octanol–water partition coefficient (Wildman–Crippen LogP) is -1.09. The highest BCUT2D eigenvalue weighted by molar-refractivity contribution is 5.94. The smallest absolute Gasteiger partial charge is 0.325 e. The minimum Gasteiger partial charge on any atom is -0.481 e. The molecule has 0 saturated carbocycles. The summed E-state index contributed by atoms with van der Waals surface area (Å²) in [6, 6.07) is -4.36. The third kappa shape index (κ3) is 12.2. The predicted molar refractivity (Wildman–Crippen MR) is 116 cm³/mol. The molecule has 3 amide bonds. The van der Waals surface area contributed by atoms with E-state index in [1.165, 1.54) is 6.92 Å². The van der Waals surface area contributed by atoms with Crippen molar-refractivity contribution < 1.29 is 34.2 Å². The minimum absolute atomic E-state index is 0.133. The fourth-order valence-corrected chi connectivity index (χ4v) is 2.84. The molecule has 0 rings (SSSR count). The third-order valence-corrected chi connectivity index (χ3v) is 4.65. The molecule has 0 aromatic rings. The zero-order chi connectivity index (χ0) is 24.8. The maximum atomic E-state index is 12.8. The van der Waals surface area contributed by atoms with E-state index < -0.39 is 60.2 Å². The van der Waals surface area contributed by atoms with Crippen molar-refractivity contribution in [3.8, 4) is 0 Å². The molecular weight excluding hydrogens is 422 g/mol. The lowest BCUT2D eigenvalue weighted by atomic mass is 10.0. The molecule has 0 spiro atoms. The lowest BCUT2D eigenvalue weighted by Gasteiger charge is -2.25. The normalized spacial score (nSPS) is 14.7. The van der Waals surface area contributed by atoms with Gasteiger partial charge in [0, 0.05) is 6.42 Å². The molecule has 0 radical (unpaired) electrons. The number of carboxylic acids is 2. The van der Waals surface area contributed by atoms with Gasteiger partial charge in [0.2, 0.25) is 17.7 Å². The Morgan fingerprint density at radius 3 is 1.84 bits per heavy atom. The summed E-state index contributed by atoms with van der Waals surface area (Å²) >= 11 is 0. The third-order valence-electron chi connectivity index (χ3n) is 4.65. The van der Waals surface area contributed by atoms with Crippen LogP contribution in [0, 0.1) is 5.92 Å². The lowest BCUT2D eigenvalue weighted by molar-refractivity contribution is -0.141. The van der Waals surface area contributed by atoms with Crippen molar-refractivity contribution in [2.24, 2.45) is 17.4 Å². The number of rotatable bonds is 16. The maximum absolute atomic E-state index is 12.8. The first kappa shape index (κ1) is 29.3. The van der Waals surface area contributed by atoms with E-state index in [2.05, 4.69) is 16.0 Å². The number of hydrogen-bond donors (Lipinski definition) is 7. The van der Waals surface area contributed by atoms with Crippen LogP contribution in [0.5, 0.6) is 0 Å². The highest BCUT2D eigenvalue weighted by atomic mass is 16.4. The summed E-state index contributed by atoms with van der Waals surface area (Å²) in [7, 11) is 0. The van der Waals surface area contributed by atoms with Crippen molar-refractivity contribution in [3.05, 3.63) is 0 Å². The zero-order valence-corrected chi connectivity index (χ0v) is 18.9. The van der Waals surface area contributed by atoms with Gasteiger partial charge in [0.15, 0.2) is 0 Å². The summed E-state index contributed by atoms with van der Waals surface area (Å²) in [4.78, 5) is 59.7. The average molecular weight is 460 g/mol. The van der Waals surface area contributed by atoms with Crippen LogP contribution in [0.4, 0.5) is 0 Å². The lowest BCUT2D eigenvalue weighted by Crippen LogP contribution is -2.57. The summed E-state index contributed by atoms with van der Waals surface area (Å²) in [5.41, 5.74) is 11.3. The second kappa shape index (κ2) is 15.1. The SMILES string of the molecule is CC(C)C[C@H](N)C(=O)N[C@@H](CCC(=O)O)C(=O)N[C@@H](CCCCN)C(=O)N[C@@H](C)C(=O)O. The number of amides is 3. The zero-order valence-electron chi connectivity index (χ0n) is 18.9. The number of unbranched alkanes of at least 4 members (excludes halogenated alkanes) is 1. The second-order valence-electron chi connectivity index (χ2n) is 8.14. The fraction of sp³-hybridized carbons (Fsp3) is 0.750. The Bertz CT molecular complexity index is 656. The van der Waals surface area contributed by atoms with Crippen molar-refractivity contribution >= 4 is 29.7 Å². The maximum Gasteiger partial charge on any atom is 0.325 e. The van der Waals surface area contributed by atoms with Crippen molar-refractivity contribution in [1.29, 1.82) is 0 Å². The van der Waals surface area contributed by atoms with Gasteiger partial charge in [0.25, 0.3) is 0 Å². The van der Waals surface area contributed by atoms with Crippen molar-refractivity contribution in [2.75, 3.05) is 6.54 Å². The molecule has 9 N–H and O–H groups in total. The van der Waals surface area contributed by atoms with Crippen LogP contribution in [0.3, 0.4) is 0 Å². The number of carboxylic acid groups (broad SMARTS) is 2. The largest absolute Gasteiger partial charge is 0.481 e. The number of aliphatic carboxylic acids is 2. The van der Waals surface area contributed by atoms with E-state index in [9.17, 15) is 24.0 Å². The molecule has 0 aliphatic carbocycles. The van der Waals surface area contributed by atoms with Gasteiger partial charge in [0.1, 0.15) is 18.1 Å². The molecule has 0 aromatic carbocycles. The number of carbonyl (C=O) groups is 5. The Balaban J connectivity index is 5.39. The van der Waals surface area contributed by atoms with Crippen LogP contribution in [0.15, 0.2) is 0 Å². The van der Waals surface area contributed by atoms with Crippen LogP contribution in [0.2, 0.25) is 0 Å². The van der Waals surface area contributed by atoms with Crippen LogP contribution >= 0.6 is 0 Å². The van der Waals surface area contributed by atoms with E-state index in [-0.39, 0.29) is 18.8 Å². The van der Waals surface area contributed by atoms with Gasteiger partial charge in [-0.25, -0.2) is 0 Å². The highest BCUT2D eigenvalue weighted by Crippen LogP contribution is 2.07. The molecule has 12 heteroatoms. The van der Waals surface area contributed by atoms with E-state index in [1.54, 1.807) is 0 Å². The number of nitrogens with two attached hydrogens (primary N) is 2. The molecule has 0 saturated heterocycles. The molecular formula is C20H37N5O7. The average Bonchev–Trinajstić information content (AvgIpc) is 2.69. The van der Waals surface area contributed by atoms with Crippen molar-refractivity contribution in [1.82, 2.24) is 16.0 Å². The molecule has 0 unspecified atom stereocenters. The van der Waals surface area contributed by atoms with Gasteiger partial charge in [0.05, 0.1) is 6.04 Å². The molecule has 32 heavy (non-hydrogen) atoms. The van der Waals surface area contributed by atoms with Crippen molar-refractivity contribution in [2.45, 2.75) is 83.5 Å². The summed E-state index contributed by atoms with van der Waals surface area (Å²) in [5.74, 6) is -4.33. The van der Waals surface area contributed by atoms with E-state index in [4.69, 9.17) is 21.7 Å². The van der Waals surface area contributed by atoms with Gasteiger partial charge in [-0.15, -0.1) is 0 Å². The van der Waals surface area contributed by atoms with Crippen LogP contribution in [0.25, 0.3) is 0 Å². The molecule has 0 bridgehead atoms. The summed E-state index contributed by atoms with van der Waals surface area (Å²) in [5, 5.41) is 25.2. The molecule has 0 aromatic heterocycles. The van der Waals surface area contributed by atoms with E-state index in [0.29, 0.717) is 25.8 Å². The van der Waals surface area contributed by atoms with E-state index in [1.807, 2.05) is 13.8 Å². The summed E-state index contributed by atoms with van der Waals surface area (Å²) < 4.78 is 0. The molecule has 0 fully saturated rings. The van der Waals surface area contributed by atoms with Gasteiger partial charge in [-0.1, -0.05) is 13.8 Å². The summed E-state index contributed by atoms with van der Waals surface area (Å²) in [6.45, 7) is 5.42. The van der Waals surface area contributed by atoms with Gasteiger partial charge >= 0.3 is 11.9 Å². The Hall–Kier alpha value is -2.73. The van der Waals surface area contributed by atoms with Crippen LogP contribution in [0.1, 0.15) is 59.3 Å². The Kier molecular flexibility index (Phi) is 13.8. The molecule has 184 valence electrons. The minimum atomic E-state index is -1.24. The van der Waals surface area contributed by atoms with E-state index in [0.717, 1.165) is 0 Å². The highest BCUT2D eigenvalue weighted by Gasteiger charge is 2.29. The van der Waals surface area contributed by atoms with E-state index >= 15 is 0 Å². The first-order chi connectivity index (χ1) is 14.9. The number of hydrogen-bond acceptors (Lipinski definition) is 7. The monoisotopic (exact) mass is 459 g/mol. The quantitative estimate of drug-likeness (QED) is 0.139. The molecule has 4 atom stereocenters. The molecule has 0 aliphatic rings. The van der Waals surface area contributed by atoms with Crippen molar-refractivity contribution in [3.63, 3.8) is 0 Å². The number of nitrogens with one attached hydrogen (secondary N) is 3. The topological polar surface area (TPSA) is 214 Å². The standard InChI is InChI=1S/C20H37N5O7/c1-11(2)10-13(22)17(28)24-15(7-8-16(26)27)19(30)25-14(6-4-5-9-21)18(29)23-12(3)20(31)32/h11-15H,4-10,21-22H2,1-3H3,(H,23,29)(H,24,28)(H,25,30)(H,26,27)(H,31,32)/t12-,13-,14-,15-/m0/s1. The van der Waals surface area contributed by atoms with Gasteiger partial charge < -0.3 is 37.6 Å². The molecule has 12 nitrogen and oxygen atoms in total. The van der Waals surface area contributed by atoms with Crippen LogP contribution in [-0.2, 0) is 24.0 Å². The van der Waals surface area contributed by atoms with Crippen LogP contribution < -0.4 is 27.4 Å². The first-order valence-electron chi connectivity index (χ1n) is 10.7. The fourth-order valence-electron chi connectivity index (χ4n) is 2.84. The molecule has 0 heterocycles. The Morgan fingerprint density at radius 2 is 1.34 bits per heavy atom.